The van der Waals surface area contributed by atoms with Crippen LogP contribution < -0.4 is 16.1 Å². The normalized spacial score (nSPS) is 31.9. The Bertz CT molecular complexity index is 969. The molecule has 3 unspecified atom stereocenters. The lowest BCUT2D eigenvalue weighted by atomic mass is 9.88. The first-order valence-corrected chi connectivity index (χ1v) is 12.9. The fraction of sp³-hybridized carbons (Fsp3) is 0.654. The number of nitriles is 1. The lowest BCUT2D eigenvalue weighted by Gasteiger charge is -2.36. The number of amides is 2. The van der Waals surface area contributed by atoms with E-state index < -0.39 is 0 Å². The summed E-state index contributed by atoms with van der Waals surface area (Å²) in [6.45, 7) is 4.32. The van der Waals surface area contributed by atoms with Crippen molar-refractivity contribution in [2.75, 3.05) is 25.0 Å². The average Bonchev–Trinajstić information content (AvgIpc) is 3.42. The van der Waals surface area contributed by atoms with Crippen LogP contribution in [0.5, 0.6) is 0 Å². The van der Waals surface area contributed by atoms with Crippen molar-refractivity contribution in [1.82, 2.24) is 20.7 Å². The zero-order chi connectivity index (χ0) is 23.7. The molecule has 0 aromatic heterocycles. The monoisotopic (exact) mass is 464 g/mol. The van der Waals surface area contributed by atoms with E-state index in [4.69, 9.17) is 0 Å². The maximum Gasteiger partial charge on any atom is 0.254 e. The topological polar surface area (TPSA) is 100 Å². The molecule has 3 saturated heterocycles. The number of nitrogens with one attached hydrogen (secondary N) is 3. The van der Waals surface area contributed by atoms with Gasteiger partial charge in [-0.15, -0.1) is 0 Å². The average molecular weight is 465 g/mol. The van der Waals surface area contributed by atoms with E-state index in [-0.39, 0.29) is 41.9 Å². The molecule has 1 aromatic rings. The third kappa shape index (κ3) is 4.39. The van der Waals surface area contributed by atoms with Crippen LogP contribution in [0.3, 0.4) is 0 Å². The minimum absolute atomic E-state index is 0.0162. The summed E-state index contributed by atoms with van der Waals surface area (Å²) in [5.74, 6) is -0.0853. The number of fused-ring (bicyclic) bond motifs is 1. The van der Waals surface area contributed by atoms with Crippen molar-refractivity contribution >= 4 is 17.5 Å². The summed E-state index contributed by atoms with van der Waals surface area (Å²) in [6, 6.07) is 8.60. The van der Waals surface area contributed by atoms with Gasteiger partial charge >= 0.3 is 0 Å². The first-order valence-electron chi connectivity index (χ1n) is 12.9. The molecule has 4 aliphatic rings. The molecule has 0 bridgehead atoms. The number of likely N-dealkylation sites (tertiary alicyclic amines) is 1. The van der Waals surface area contributed by atoms with E-state index in [1.54, 1.807) is 0 Å². The Morgan fingerprint density at radius 3 is 2.65 bits per heavy atom. The van der Waals surface area contributed by atoms with Gasteiger partial charge < -0.3 is 15.5 Å². The second-order valence-electron chi connectivity index (χ2n) is 10.3. The van der Waals surface area contributed by atoms with E-state index >= 15 is 0 Å². The van der Waals surface area contributed by atoms with Crippen molar-refractivity contribution in [2.45, 2.75) is 76.5 Å². The molecule has 8 nitrogen and oxygen atoms in total. The van der Waals surface area contributed by atoms with Gasteiger partial charge in [-0.05, 0) is 62.8 Å². The Morgan fingerprint density at radius 2 is 1.88 bits per heavy atom. The predicted molar refractivity (Wildman–Crippen MR) is 130 cm³/mol. The fourth-order valence-corrected chi connectivity index (χ4v) is 6.34. The highest BCUT2D eigenvalue weighted by atomic mass is 16.2. The predicted octanol–water partition coefficient (Wildman–Crippen LogP) is 2.77. The van der Waals surface area contributed by atoms with Crippen LogP contribution in [0.4, 0.5) is 5.69 Å². The van der Waals surface area contributed by atoms with E-state index in [1.807, 2.05) is 30.0 Å². The number of nitrogens with zero attached hydrogens (tertiary/aromatic N) is 3. The highest BCUT2D eigenvalue weighted by molar-refractivity contribution is 5.96. The van der Waals surface area contributed by atoms with Gasteiger partial charge in [0, 0.05) is 43.0 Å². The van der Waals surface area contributed by atoms with Crippen molar-refractivity contribution in [1.29, 1.82) is 5.26 Å². The quantitative estimate of drug-likeness (QED) is 0.593. The molecular weight excluding hydrogens is 428 g/mol. The van der Waals surface area contributed by atoms with Gasteiger partial charge in [0.05, 0.1) is 17.9 Å². The van der Waals surface area contributed by atoms with Gasteiger partial charge in [-0.3, -0.25) is 9.59 Å². The molecule has 1 aromatic carbocycles. The molecule has 4 fully saturated rings. The number of rotatable bonds is 4. The van der Waals surface area contributed by atoms with Crippen molar-refractivity contribution in [2.24, 2.45) is 11.8 Å². The van der Waals surface area contributed by atoms with E-state index in [9.17, 15) is 14.9 Å². The van der Waals surface area contributed by atoms with Gasteiger partial charge in [-0.2, -0.15) is 5.26 Å². The number of carbonyl (C=O) groups excluding carboxylic acids is 2. The van der Waals surface area contributed by atoms with Crippen LogP contribution in [0, 0.1) is 30.1 Å². The summed E-state index contributed by atoms with van der Waals surface area (Å²) in [5.41, 5.74) is 6.19. The number of carbonyl (C=O) groups is 2. The van der Waals surface area contributed by atoms with Crippen LogP contribution in [0.15, 0.2) is 18.2 Å². The van der Waals surface area contributed by atoms with Gasteiger partial charge in [0.1, 0.15) is 6.17 Å². The maximum atomic E-state index is 12.9. The number of hydrazine groups is 1. The summed E-state index contributed by atoms with van der Waals surface area (Å²) < 4.78 is 0. The Kier molecular flexibility index (Phi) is 6.75. The third-order valence-corrected chi connectivity index (χ3v) is 8.14. The Balaban J connectivity index is 1.35. The standard InChI is InChI=1S/C26H36N6O2/c1-17-15-19(9-10-20(17)26(34)31-13-5-6-14-31)29-24-23-22(11-12-28-25(23)33)32(30-24)21-8-4-2-3-7-18(21)16-27/h9-10,15,18,21-24,29-30H,2-8,11-14H2,1H3,(H,28,33)/t18-,21+,22?,23?,24?/m0/s1. The van der Waals surface area contributed by atoms with Crippen molar-refractivity contribution in [3.63, 3.8) is 0 Å². The molecular formula is C26H36N6O2. The summed E-state index contributed by atoms with van der Waals surface area (Å²) in [7, 11) is 0. The van der Waals surface area contributed by atoms with Crippen molar-refractivity contribution in [3.8, 4) is 6.07 Å². The van der Waals surface area contributed by atoms with Crippen LogP contribution in [-0.4, -0.2) is 59.6 Å². The number of benzene rings is 1. The van der Waals surface area contributed by atoms with E-state index in [0.717, 1.165) is 74.8 Å². The van der Waals surface area contributed by atoms with E-state index in [1.165, 1.54) is 6.42 Å². The largest absolute Gasteiger partial charge is 0.368 e. The van der Waals surface area contributed by atoms with Crippen LogP contribution in [0.25, 0.3) is 0 Å². The zero-order valence-corrected chi connectivity index (χ0v) is 20.1. The third-order valence-electron chi connectivity index (χ3n) is 8.14. The summed E-state index contributed by atoms with van der Waals surface area (Å²) in [5, 5.41) is 18.7. The summed E-state index contributed by atoms with van der Waals surface area (Å²) in [4.78, 5) is 27.7. The fourth-order valence-electron chi connectivity index (χ4n) is 6.34. The molecule has 3 aliphatic heterocycles. The zero-order valence-electron chi connectivity index (χ0n) is 20.1. The Morgan fingerprint density at radius 1 is 1.09 bits per heavy atom. The molecule has 1 aliphatic carbocycles. The molecule has 34 heavy (non-hydrogen) atoms. The molecule has 5 atom stereocenters. The number of aryl methyl sites for hydroxylation is 1. The van der Waals surface area contributed by atoms with Gasteiger partial charge in [0.25, 0.3) is 5.91 Å². The van der Waals surface area contributed by atoms with Crippen LogP contribution >= 0.6 is 0 Å². The summed E-state index contributed by atoms with van der Waals surface area (Å²) >= 11 is 0. The van der Waals surface area contributed by atoms with Crippen molar-refractivity contribution in [3.05, 3.63) is 29.3 Å². The number of hydrogen-bond donors (Lipinski definition) is 3. The molecule has 0 radical (unpaired) electrons. The highest BCUT2D eigenvalue weighted by Crippen LogP contribution is 2.36. The Labute approximate surface area is 202 Å². The molecule has 5 rings (SSSR count). The first kappa shape index (κ1) is 23.1. The van der Waals surface area contributed by atoms with Gasteiger partial charge in [0.15, 0.2) is 0 Å². The SMILES string of the molecule is Cc1cc(NC2NN([C@@H]3CCCCC[C@H]3C#N)C3CCNC(=O)C23)ccc1C(=O)N1CCCC1. The Hall–Kier alpha value is -2.63. The van der Waals surface area contributed by atoms with Gasteiger partial charge in [0.2, 0.25) is 5.91 Å². The van der Waals surface area contributed by atoms with Gasteiger partial charge in [-0.1, -0.05) is 19.3 Å². The van der Waals surface area contributed by atoms with Crippen LogP contribution in [0.1, 0.15) is 67.3 Å². The lowest BCUT2D eigenvalue weighted by molar-refractivity contribution is -0.128. The van der Waals surface area contributed by atoms with Gasteiger partial charge in [-0.25, -0.2) is 10.4 Å². The second-order valence-corrected chi connectivity index (χ2v) is 10.3. The molecule has 182 valence electrons. The van der Waals surface area contributed by atoms with E-state index in [0.29, 0.717) is 6.54 Å². The smallest absolute Gasteiger partial charge is 0.254 e. The molecule has 1 saturated carbocycles. The summed E-state index contributed by atoms with van der Waals surface area (Å²) in [6.07, 6.45) is 8.06. The second kappa shape index (κ2) is 9.93. The number of piperidine rings is 1. The molecule has 3 N–H and O–H groups in total. The molecule has 8 heteroatoms. The van der Waals surface area contributed by atoms with Crippen LogP contribution in [-0.2, 0) is 4.79 Å². The van der Waals surface area contributed by atoms with Crippen LogP contribution in [0.2, 0.25) is 0 Å². The minimum atomic E-state index is -0.257. The number of hydrogen-bond acceptors (Lipinski definition) is 6. The van der Waals surface area contributed by atoms with Crippen molar-refractivity contribution < 1.29 is 9.59 Å². The highest BCUT2D eigenvalue weighted by Gasteiger charge is 2.50. The first-order chi connectivity index (χ1) is 16.6. The lowest BCUT2D eigenvalue weighted by Crippen LogP contribution is -2.53. The number of anilines is 1. The maximum absolute atomic E-state index is 12.9. The minimum Gasteiger partial charge on any atom is -0.368 e. The van der Waals surface area contributed by atoms with E-state index in [2.05, 4.69) is 27.1 Å². The molecule has 0 spiro atoms. The molecule has 2 amide bonds. The molecule has 3 heterocycles.